The molecule has 0 unspecified atom stereocenters. The van der Waals surface area contributed by atoms with Crippen LogP contribution in [0.4, 0.5) is 24.7 Å². The standard InChI is InChI=1S/C29H28F3N7O4S/c1-16-9-11-34-28(44(3,42)43)25(16)39-27-18(14-20(32)24(35-27)23-19(31)6-4-7-21(23)33)26(36-29(39)41)38-13-12-37(15-17(38)2)22(40)8-5-10-30/h4-9,11,14,17H,10,12-13,15,33H2,1-3H3/b8-5+/t17-/m0/s1. The molecule has 4 aromatic rings. The Hall–Kier alpha value is -4.79. The smallest absolute Gasteiger partial charge is 0.355 e. The molecule has 1 aliphatic rings. The van der Waals surface area contributed by atoms with Crippen molar-refractivity contribution in [3.05, 3.63) is 76.4 Å². The molecule has 1 atom stereocenters. The van der Waals surface area contributed by atoms with Crippen molar-refractivity contribution >= 4 is 38.3 Å². The van der Waals surface area contributed by atoms with Gasteiger partial charge >= 0.3 is 5.69 Å². The number of amides is 1. The highest BCUT2D eigenvalue weighted by molar-refractivity contribution is 7.90. The average Bonchev–Trinajstić information content (AvgIpc) is 2.96. The highest BCUT2D eigenvalue weighted by Gasteiger charge is 2.31. The van der Waals surface area contributed by atoms with Gasteiger partial charge in [-0.3, -0.25) is 4.79 Å². The SMILES string of the molecule is Cc1ccnc(S(C)(=O)=O)c1-n1c(=O)nc(N2CCN(C(=O)/C=C/CF)C[C@@H]2C)c2cc(F)c(-c3c(N)cccc3F)nc21. The molecule has 0 aliphatic carbocycles. The number of hydrogen-bond acceptors (Lipinski definition) is 9. The zero-order valence-electron chi connectivity index (χ0n) is 24.0. The van der Waals surface area contributed by atoms with Crippen molar-refractivity contribution in [2.75, 3.05) is 43.2 Å². The summed E-state index contributed by atoms with van der Waals surface area (Å²) in [4.78, 5) is 42.2. The van der Waals surface area contributed by atoms with Gasteiger partial charge in [-0.2, -0.15) is 4.98 Å². The molecule has 11 nitrogen and oxygen atoms in total. The molecular weight excluding hydrogens is 599 g/mol. The third kappa shape index (κ3) is 5.50. The summed E-state index contributed by atoms with van der Waals surface area (Å²) in [5.41, 5.74) is 4.09. The zero-order chi connectivity index (χ0) is 31.9. The second-order valence-electron chi connectivity index (χ2n) is 10.4. The van der Waals surface area contributed by atoms with Gasteiger partial charge in [0, 0.05) is 49.9 Å². The van der Waals surface area contributed by atoms with Crippen molar-refractivity contribution in [2.24, 2.45) is 0 Å². The maximum Gasteiger partial charge on any atom is 0.355 e. The molecule has 0 bridgehead atoms. The Morgan fingerprint density at radius 3 is 2.57 bits per heavy atom. The van der Waals surface area contributed by atoms with E-state index in [1.165, 1.54) is 29.3 Å². The number of rotatable bonds is 6. The summed E-state index contributed by atoms with van der Waals surface area (Å²) in [5.74, 6) is -2.18. The molecule has 0 radical (unpaired) electrons. The predicted octanol–water partition coefficient (Wildman–Crippen LogP) is 2.98. The fraction of sp³-hybridized carbons (Fsp3) is 0.276. The summed E-state index contributed by atoms with van der Waals surface area (Å²) in [7, 11) is -3.99. The Labute approximate surface area is 250 Å². The molecule has 2 N–H and O–H groups in total. The van der Waals surface area contributed by atoms with Crippen LogP contribution in [0.2, 0.25) is 0 Å². The Kier molecular flexibility index (Phi) is 8.16. The largest absolute Gasteiger partial charge is 0.398 e. The summed E-state index contributed by atoms with van der Waals surface area (Å²) in [6.07, 6.45) is 4.45. The van der Waals surface area contributed by atoms with E-state index >= 15 is 4.39 Å². The first-order chi connectivity index (χ1) is 20.8. The molecule has 0 spiro atoms. The number of carbonyl (C=O) groups is 1. The molecule has 1 saturated heterocycles. The topological polar surface area (TPSA) is 144 Å². The highest BCUT2D eigenvalue weighted by atomic mass is 32.2. The molecule has 15 heteroatoms. The molecule has 44 heavy (non-hydrogen) atoms. The molecule has 1 aromatic carbocycles. The molecular formula is C29H28F3N7O4S. The fourth-order valence-corrected chi connectivity index (χ4v) is 6.14. The molecule has 1 fully saturated rings. The number of anilines is 2. The van der Waals surface area contributed by atoms with Crippen LogP contribution in [-0.4, -0.2) is 77.4 Å². The van der Waals surface area contributed by atoms with Crippen LogP contribution in [0.3, 0.4) is 0 Å². The van der Waals surface area contributed by atoms with E-state index in [2.05, 4.69) is 15.0 Å². The number of hydrogen-bond donors (Lipinski definition) is 1. The van der Waals surface area contributed by atoms with E-state index in [4.69, 9.17) is 5.73 Å². The Bertz CT molecular complexity index is 1980. The molecule has 1 amide bonds. The number of carbonyl (C=O) groups excluding carboxylic acids is 1. The van der Waals surface area contributed by atoms with Gasteiger partial charge in [0.15, 0.2) is 26.3 Å². The summed E-state index contributed by atoms with van der Waals surface area (Å²) in [6.45, 7) is 3.08. The highest BCUT2D eigenvalue weighted by Crippen LogP contribution is 2.35. The maximum atomic E-state index is 15.9. The van der Waals surface area contributed by atoms with Crippen molar-refractivity contribution in [3.63, 3.8) is 0 Å². The third-order valence-electron chi connectivity index (χ3n) is 7.31. The number of aryl methyl sites for hydroxylation is 1. The number of pyridine rings is 2. The van der Waals surface area contributed by atoms with Gasteiger partial charge in [-0.1, -0.05) is 6.07 Å². The first kappa shape index (κ1) is 30.7. The van der Waals surface area contributed by atoms with Crippen molar-refractivity contribution in [3.8, 4) is 16.9 Å². The van der Waals surface area contributed by atoms with Gasteiger partial charge in [0.25, 0.3) is 0 Å². The van der Waals surface area contributed by atoms with Gasteiger partial charge < -0.3 is 15.5 Å². The average molecular weight is 628 g/mol. The third-order valence-corrected chi connectivity index (χ3v) is 8.31. The molecule has 230 valence electrons. The number of nitrogens with zero attached hydrogens (tertiary/aromatic N) is 6. The van der Waals surface area contributed by atoms with E-state index in [1.807, 2.05) is 0 Å². The number of aromatic nitrogens is 4. The number of piperazine rings is 1. The summed E-state index contributed by atoms with van der Waals surface area (Å²) in [5, 5.41) is -0.414. The number of halogens is 3. The number of alkyl halides is 1. The first-order valence-corrected chi connectivity index (χ1v) is 15.3. The van der Waals surface area contributed by atoms with Crippen LogP contribution < -0.4 is 16.3 Å². The Morgan fingerprint density at radius 1 is 1.16 bits per heavy atom. The van der Waals surface area contributed by atoms with E-state index in [-0.39, 0.29) is 59.3 Å². The number of nitrogens with two attached hydrogens (primary N) is 1. The number of fused-ring (bicyclic) bond motifs is 1. The second-order valence-corrected chi connectivity index (χ2v) is 12.3. The lowest BCUT2D eigenvalue weighted by Gasteiger charge is -2.40. The van der Waals surface area contributed by atoms with Crippen LogP contribution in [0, 0.1) is 18.6 Å². The minimum Gasteiger partial charge on any atom is -0.398 e. The number of sulfone groups is 1. The van der Waals surface area contributed by atoms with Crippen LogP contribution in [-0.2, 0) is 14.6 Å². The molecule has 0 saturated carbocycles. The fourth-order valence-electron chi connectivity index (χ4n) is 5.28. The molecule has 3 aromatic heterocycles. The van der Waals surface area contributed by atoms with Crippen molar-refractivity contribution < 1.29 is 26.4 Å². The van der Waals surface area contributed by atoms with E-state index < -0.39 is 50.6 Å². The van der Waals surface area contributed by atoms with Crippen LogP contribution in [0.1, 0.15) is 12.5 Å². The molecule has 1 aliphatic heterocycles. The van der Waals surface area contributed by atoms with Crippen LogP contribution >= 0.6 is 0 Å². The van der Waals surface area contributed by atoms with Gasteiger partial charge in [0.1, 0.15) is 24.0 Å². The number of nitrogen functional groups attached to an aromatic ring is 1. The minimum atomic E-state index is -3.99. The predicted molar refractivity (Wildman–Crippen MR) is 159 cm³/mol. The number of benzene rings is 1. The van der Waals surface area contributed by atoms with Crippen LogP contribution in [0.25, 0.3) is 28.0 Å². The van der Waals surface area contributed by atoms with E-state index in [9.17, 15) is 26.8 Å². The minimum absolute atomic E-state index is 0.0208. The van der Waals surface area contributed by atoms with Crippen molar-refractivity contribution in [1.29, 1.82) is 0 Å². The summed E-state index contributed by atoms with van der Waals surface area (Å²) < 4.78 is 69.8. The normalized spacial score (nSPS) is 15.8. The van der Waals surface area contributed by atoms with Crippen LogP contribution in [0.15, 0.2) is 58.5 Å². The molecule has 4 heterocycles. The first-order valence-electron chi connectivity index (χ1n) is 13.4. The van der Waals surface area contributed by atoms with Crippen LogP contribution in [0.5, 0.6) is 0 Å². The van der Waals surface area contributed by atoms with Gasteiger partial charge in [-0.05, 0) is 49.8 Å². The van der Waals surface area contributed by atoms with Gasteiger partial charge in [-0.15, -0.1) is 0 Å². The summed E-state index contributed by atoms with van der Waals surface area (Å²) >= 11 is 0. The van der Waals surface area contributed by atoms with Crippen molar-refractivity contribution in [2.45, 2.75) is 24.9 Å². The van der Waals surface area contributed by atoms with E-state index in [1.54, 1.807) is 18.7 Å². The summed E-state index contributed by atoms with van der Waals surface area (Å²) in [6, 6.07) is 5.90. The van der Waals surface area contributed by atoms with Gasteiger partial charge in [-0.25, -0.2) is 40.9 Å². The Morgan fingerprint density at radius 2 is 1.91 bits per heavy atom. The second kappa shape index (κ2) is 11.7. The van der Waals surface area contributed by atoms with Crippen molar-refractivity contribution in [1.82, 2.24) is 24.4 Å². The van der Waals surface area contributed by atoms with E-state index in [0.29, 0.717) is 5.56 Å². The van der Waals surface area contributed by atoms with Gasteiger partial charge in [0.05, 0.1) is 16.6 Å². The molecule has 5 rings (SSSR count). The van der Waals surface area contributed by atoms with E-state index in [0.717, 1.165) is 35.1 Å². The monoisotopic (exact) mass is 627 g/mol. The lowest BCUT2D eigenvalue weighted by atomic mass is 10.1. The Balaban J connectivity index is 1.80. The lowest BCUT2D eigenvalue weighted by Crippen LogP contribution is -2.54. The maximum absolute atomic E-state index is 15.9. The van der Waals surface area contributed by atoms with Gasteiger partial charge in [0.2, 0.25) is 5.91 Å². The number of allylic oxidation sites excluding steroid dienone is 1. The zero-order valence-corrected chi connectivity index (χ0v) is 24.8. The quantitative estimate of drug-likeness (QED) is 0.252. The lowest BCUT2D eigenvalue weighted by molar-refractivity contribution is -0.126.